The molecule has 28 heavy (non-hydrogen) atoms. The van der Waals surface area contributed by atoms with E-state index in [1.54, 1.807) is 6.07 Å². The summed E-state index contributed by atoms with van der Waals surface area (Å²) in [4.78, 5) is 0.0281. The standard InChI is InChI=1S/C18H19N5O4S/c1-26-16-11-18(17(27-2)10-15(16)22-12-19-20-21-22)28(24,25)23-9-5-7-13-6-3-4-8-14(13)23/h3-4,6,8,10-12H,5,7,9H2,1-2H3. The summed E-state index contributed by atoms with van der Waals surface area (Å²) < 4.78 is 40.7. The molecular weight excluding hydrogens is 382 g/mol. The number of ether oxygens (including phenoxy) is 2. The smallest absolute Gasteiger partial charge is 0.268 e. The van der Waals surface area contributed by atoms with E-state index in [-0.39, 0.29) is 10.6 Å². The lowest BCUT2D eigenvalue weighted by Crippen LogP contribution is -2.35. The highest BCUT2D eigenvalue weighted by atomic mass is 32.2. The van der Waals surface area contributed by atoms with E-state index < -0.39 is 10.0 Å². The van der Waals surface area contributed by atoms with Crippen LogP contribution < -0.4 is 13.8 Å². The number of nitrogens with zero attached hydrogens (tertiary/aromatic N) is 5. The van der Waals surface area contributed by atoms with E-state index >= 15 is 0 Å². The molecule has 0 atom stereocenters. The third-order valence-electron chi connectivity index (χ3n) is 4.70. The fraction of sp³-hybridized carbons (Fsp3) is 0.278. The van der Waals surface area contributed by atoms with Gasteiger partial charge in [-0.15, -0.1) is 5.10 Å². The largest absolute Gasteiger partial charge is 0.495 e. The first-order chi connectivity index (χ1) is 13.6. The number of sulfonamides is 1. The Morgan fingerprint density at radius 1 is 1.04 bits per heavy atom. The van der Waals surface area contributed by atoms with Crippen LogP contribution in [0.5, 0.6) is 11.5 Å². The maximum Gasteiger partial charge on any atom is 0.268 e. The quantitative estimate of drug-likeness (QED) is 0.643. The molecule has 10 heteroatoms. The van der Waals surface area contributed by atoms with Gasteiger partial charge in [-0.3, -0.25) is 4.31 Å². The molecular formula is C18H19N5O4S. The van der Waals surface area contributed by atoms with E-state index in [1.165, 1.54) is 35.6 Å². The number of benzene rings is 2. The molecule has 1 aliphatic rings. The highest BCUT2D eigenvalue weighted by Gasteiger charge is 2.32. The first kappa shape index (κ1) is 18.2. The van der Waals surface area contributed by atoms with E-state index in [4.69, 9.17) is 9.47 Å². The molecule has 0 aliphatic carbocycles. The van der Waals surface area contributed by atoms with E-state index in [0.717, 1.165) is 18.4 Å². The lowest BCUT2D eigenvalue weighted by atomic mass is 10.0. The van der Waals surface area contributed by atoms with Crippen molar-refractivity contribution in [3.8, 4) is 17.2 Å². The number of tetrazole rings is 1. The first-order valence-corrected chi connectivity index (χ1v) is 10.1. The van der Waals surface area contributed by atoms with Gasteiger partial charge in [-0.25, -0.2) is 8.42 Å². The summed E-state index contributed by atoms with van der Waals surface area (Å²) in [5.74, 6) is 0.506. The molecule has 1 aromatic heterocycles. The molecule has 0 saturated heterocycles. The summed E-state index contributed by atoms with van der Waals surface area (Å²) in [5, 5.41) is 11.1. The summed E-state index contributed by atoms with van der Waals surface area (Å²) in [6, 6.07) is 10.5. The summed E-state index contributed by atoms with van der Waals surface area (Å²) in [5.41, 5.74) is 2.18. The van der Waals surface area contributed by atoms with Crippen LogP contribution in [0.4, 0.5) is 5.69 Å². The third-order valence-corrected chi connectivity index (χ3v) is 6.53. The topological polar surface area (TPSA) is 99.4 Å². The molecule has 0 saturated carbocycles. The van der Waals surface area contributed by atoms with Crippen molar-refractivity contribution in [3.63, 3.8) is 0 Å². The summed E-state index contributed by atoms with van der Waals surface area (Å²) in [7, 11) is -0.983. The Morgan fingerprint density at radius 3 is 2.54 bits per heavy atom. The second-order valence-electron chi connectivity index (χ2n) is 6.24. The number of hydrogen-bond donors (Lipinski definition) is 0. The minimum absolute atomic E-state index is 0.0281. The lowest BCUT2D eigenvalue weighted by molar-refractivity contribution is 0.390. The van der Waals surface area contributed by atoms with Crippen molar-refractivity contribution in [2.24, 2.45) is 0 Å². The Balaban J connectivity index is 1.87. The van der Waals surface area contributed by atoms with E-state index in [1.807, 2.05) is 24.3 Å². The first-order valence-electron chi connectivity index (χ1n) is 8.66. The Morgan fingerprint density at radius 2 is 1.82 bits per heavy atom. The number of fused-ring (bicyclic) bond motifs is 1. The van der Waals surface area contributed by atoms with Crippen molar-refractivity contribution >= 4 is 15.7 Å². The van der Waals surface area contributed by atoms with Crippen molar-refractivity contribution in [2.45, 2.75) is 17.7 Å². The molecule has 2 aromatic carbocycles. The predicted octanol–water partition coefficient (Wildman–Crippen LogP) is 1.82. The number of para-hydroxylation sites is 1. The van der Waals surface area contributed by atoms with Crippen LogP contribution in [0, 0.1) is 0 Å². The van der Waals surface area contributed by atoms with Crippen LogP contribution >= 0.6 is 0 Å². The van der Waals surface area contributed by atoms with Crippen LogP contribution in [0.15, 0.2) is 47.6 Å². The van der Waals surface area contributed by atoms with Gasteiger partial charge in [-0.1, -0.05) is 18.2 Å². The number of anilines is 1. The Labute approximate surface area is 162 Å². The monoisotopic (exact) mass is 401 g/mol. The molecule has 0 amide bonds. The second-order valence-corrected chi connectivity index (χ2v) is 8.07. The van der Waals surface area contributed by atoms with Crippen molar-refractivity contribution in [3.05, 3.63) is 48.3 Å². The molecule has 1 aliphatic heterocycles. The molecule has 0 radical (unpaired) electrons. The Kier molecular flexibility index (Phi) is 4.63. The van der Waals surface area contributed by atoms with Gasteiger partial charge in [0.05, 0.1) is 19.9 Å². The van der Waals surface area contributed by atoms with Gasteiger partial charge in [0.2, 0.25) is 0 Å². The molecule has 146 valence electrons. The molecule has 0 bridgehead atoms. The lowest BCUT2D eigenvalue weighted by Gasteiger charge is -2.31. The maximum atomic E-state index is 13.5. The van der Waals surface area contributed by atoms with Crippen molar-refractivity contribution in [2.75, 3.05) is 25.1 Å². The van der Waals surface area contributed by atoms with Crippen molar-refractivity contribution < 1.29 is 17.9 Å². The highest BCUT2D eigenvalue weighted by molar-refractivity contribution is 7.93. The van der Waals surface area contributed by atoms with E-state index in [9.17, 15) is 8.42 Å². The molecule has 0 fully saturated rings. The van der Waals surface area contributed by atoms with E-state index in [0.29, 0.717) is 23.7 Å². The van der Waals surface area contributed by atoms with Gasteiger partial charge in [0, 0.05) is 18.7 Å². The van der Waals surface area contributed by atoms with Crippen LogP contribution in [0.3, 0.4) is 0 Å². The molecule has 0 unspecified atom stereocenters. The predicted molar refractivity (Wildman–Crippen MR) is 102 cm³/mol. The number of aryl methyl sites for hydroxylation is 1. The zero-order valence-electron chi connectivity index (χ0n) is 15.4. The van der Waals surface area contributed by atoms with Gasteiger partial charge in [0.1, 0.15) is 28.4 Å². The molecule has 4 rings (SSSR count). The Hall–Kier alpha value is -3.14. The summed E-state index contributed by atoms with van der Waals surface area (Å²) in [6.45, 7) is 0.402. The van der Waals surface area contributed by atoms with Gasteiger partial charge in [0.15, 0.2) is 0 Å². The van der Waals surface area contributed by atoms with E-state index in [2.05, 4.69) is 15.5 Å². The van der Waals surface area contributed by atoms with Crippen LogP contribution in [-0.4, -0.2) is 49.4 Å². The molecule has 3 aromatic rings. The maximum absolute atomic E-state index is 13.5. The van der Waals surface area contributed by atoms with Crippen LogP contribution in [0.25, 0.3) is 5.69 Å². The summed E-state index contributed by atoms with van der Waals surface area (Å²) >= 11 is 0. The number of hydrogen-bond acceptors (Lipinski definition) is 7. The van der Waals surface area contributed by atoms with Crippen LogP contribution in [0.2, 0.25) is 0 Å². The fourth-order valence-electron chi connectivity index (χ4n) is 3.37. The molecule has 0 N–H and O–H groups in total. The van der Waals surface area contributed by atoms with Gasteiger partial charge in [-0.2, -0.15) is 4.68 Å². The van der Waals surface area contributed by atoms with Gasteiger partial charge in [0.25, 0.3) is 10.0 Å². The molecule has 2 heterocycles. The molecule has 0 spiro atoms. The van der Waals surface area contributed by atoms with Crippen LogP contribution in [-0.2, 0) is 16.4 Å². The second kappa shape index (κ2) is 7.12. The number of methoxy groups -OCH3 is 2. The zero-order chi connectivity index (χ0) is 19.7. The minimum Gasteiger partial charge on any atom is -0.495 e. The van der Waals surface area contributed by atoms with Crippen LogP contribution in [0.1, 0.15) is 12.0 Å². The third kappa shape index (κ3) is 2.95. The van der Waals surface area contributed by atoms with Crippen molar-refractivity contribution in [1.29, 1.82) is 0 Å². The van der Waals surface area contributed by atoms with Gasteiger partial charge in [-0.05, 0) is 34.9 Å². The van der Waals surface area contributed by atoms with Gasteiger partial charge >= 0.3 is 0 Å². The minimum atomic E-state index is -3.87. The SMILES string of the molecule is COc1cc(S(=O)(=O)N2CCCc3ccccc32)c(OC)cc1-n1cnnn1. The van der Waals surface area contributed by atoms with Gasteiger partial charge < -0.3 is 9.47 Å². The average molecular weight is 401 g/mol. The average Bonchev–Trinajstić information content (AvgIpc) is 3.27. The molecule has 9 nitrogen and oxygen atoms in total. The Bertz CT molecular complexity index is 1100. The fourth-order valence-corrected chi connectivity index (χ4v) is 5.07. The summed E-state index contributed by atoms with van der Waals surface area (Å²) in [6.07, 6.45) is 2.99. The highest BCUT2D eigenvalue weighted by Crippen LogP contribution is 2.38. The number of rotatable bonds is 5. The number of aromatic nitrogens is 4. The normalized spacial score (nSPS) is 13.9. The zero-order valence-corrected chi connectivity index (χ0v) is 16.3. The van der Waals surface area contributed by atoms with Crippen molar-refractivity contribution in [1.82, 2.24) is 20.2 Å².